The number of fused-ring (bicyclic) bond motifs is 1. The Labute approximate surface area is 151 Å². The van der Waals surface area contributed by atoms with Gasteiger partial charge in [-0.3, -0.25) is 0 Å². The lowest BCUT2D eigenvalue weighted by Gasteiger charge is -2.05. The van der Waals surface area contributed by atoms with Gasteiger partial charge in [-0.15, -0.1) is 11.3 Å². The number of hydrogen-bond acceptors (Lipinski definition) is 8. The number of sulfone groups is 1. The fourth-order valence-electron chi connectivity index (χ4n) is 2.00. The van der Waals surface area contributed by atoms with Gasteiger partial charge >= 0.3 is 0 Å². The Morgan fingerprint density at radius 3 is 2.68 bits per heavy atom. The monoisotopic (exact) mass is 392 g/mol. The highest BCUT2D eigenvalue weighted by molar-refractivity contribution is 7.90. The van der Waals surface area contributed by atoms with E-state index in [-0.39, 0.29) is 21.3 Å². The second-order valence-electron chi connectivity index (χ2n) is 4.94. The molecule has 0 atom stereocenters. The molecular formula is C15H9ClN4O3S2. The Kier molecular flexibility index (Phi) is 4.43. The highest BCUT2D eigenvalue weighted by Crippen LogP contribution is 2.32. The van der Waals surface area contributed by atoms with Crippen LogP contribution >= 0.6 is 22.9 Å². The number of thiazole rings is 1. The summed E-state index contributed by atoms with van der Waals surface area (Å²) in [6, 6.07) is 9.13. The van der Waals surface area contributed by atoms with Gasteiger partial charge in [-0.05, 0) is 12.1 Å². The first-order valence-corrected chi connectivity index (χ1v) is 9.82. The fraction of sp³-hybridized carbons (Fsp3) is 0.0667. The maximum atomic E-state index is 11.6. The van der Waals surface area contributed by atoms with Gasteiger partial charge in [0, 0.05) is 6.26 Å². The number of para-hydroxylation sites is 1. The molecule has 0 spiro atoms. The standard InChI is InChI=1S/C15H9ClN4O3S2/c1-25(22,23)15-18-7-9(16)12(20-15)13(21)8(6-17)14-19-10-4-2-3-5-11(10)24-14/h2-5,7,21H,1H3. The normalized spacial score (nSPS) is 12.7. The van der Waals surface area contributed by atoms with Crippen LogP contribution in [-0.4, -0.2) is 34.7 Å². The molecule has 126 valence electrons. The zero-order chi connectivity index (χ0) is 18.2. The van der Waals surface area contributed by atoms with Gasteiger partial charge in [0.1, 0.15) is 22.3 Å². The summed E-state index contributed by atoms with van der Waals surface area (Å²) in [6.45, 7) is 0. The quantitative estimate of drug-likeness (QED) is 0.413. The van der Waals surface area contributed by atoms with Crippen LogP contribution in [0.1, 0.15) is 10.7 Å². The summed E-state index contributed by atoms with van der Waals surface area (Å²) in [4.78, 5) is 11.7. The number of benzene rings is 1. The third-order valence-corrected chi connectivity index (χ3v) is 5.32. The van der Waals surface area contributed by atoms with Gasteiger partial charge in [0.25, 0.3) is 0 Å². The number of aromatic nitrogens is 3. The van der Waals surface area contributed by atoms with Crippen LogP contribution in [0.15, 0.2) is 35.6 Å². The van der Waals surface area contributed by atoms with Crippen LogP contribution in [0.5, 0.6) is 0 Å². The maximum Gasteiger partial charge on any atom is 0.247 e. The van der Waals surface area contributed by atoms with Crippen LogP contribution in [0.2, 0.25) is 5.02 Å². The number of allylic oxidation sites excluding steroid dienone is 1. The first-order chi connectivity index (χ1) is 11.8. The van der Waals surface area contributed by atoms with E-state index in [0.29, 0.717) is 5.52 Å². The Hall–Kier alpha value is -2.54. The molecule has 0 saturated heterocycles. The summed E-state index contributed by atoms with van der Waals surface area (Å²) in [7, 11) is -3.70. The molecule has 7 nitrogen and oxygen atoms in total. The summed E-state index contributed by atoms with van der Waals surface area (Å²) >= 11 is 7.18. The SMILES string of the molecule is CS(=O)(=O)c1ncc(Cl)c(C(O)=C(C#N)c2nc3ccccc3s2)n1. The number of aliphatic hydroxyl groups excluding tert-OH is 1. The first-order valence-electron chi connectivity index (χ1n) is 6.73. The van der Waals surface area contributed by atoms with E-state index in [4.69, 9.17) is 11.6 Å². The minimum Gasteiger partial charge on any atom is -0.504 e. The fourth-order valence-corrected chi connectivity index (χ4v) is 3.64. The van der Waals surface area contributed by atoms with Crippen LogP contribution in [0, 0.1) is 11.3 Å². The number of nitriles is 1. The van der Waals surface area contributed by atoms with Crippen molar-refractivity contribution in [2.75, 3.05) is 6.26 Å². The van der Waals surface area contributed by atoms with E-state index in [1.807, 2.05) is 18.2 Å². The third-order valence-electron chi connectivity index (χ3n) is 3.13. The topological polar surface area (TPSA) is 117 Å². The predicted octanol–water partition coefficient (Wildman–Crippen LogP) is 3.09. The predicted molar refractivity (Wildman–Crippen MR) is 94.8 cm³/mol. The summed E-state index contributed by atoms with van der Waals surface area (Å²) in [6.07, 6.45) is 1.99. The van der Waals surface area contributed by atoms with E-state index in [1.165, 1.54) is 11.3 Å². The molecule has 0 aliphatic carbocycles. The van der Waals surface area contributed by atoms with E-state index in [0.717, 1.165) is 17.2 Å². The number of rotatable bonds is 3. The average Bonchev–Trinajstić information content (AvgIpc) is 2.98. The molecule has 3 rings (SSSR count). The van der Waals surface area contributed by atoms with Crippen molar-refractivity contribution in [3.63, 3.8) is 0 Å². The van der Waals surface area contributed by atoms with Crippen molar-refractivity contribution in [2.45, 2.75) is 5.16 Å². The zero-order valence-corrected chi connectivity index (χ0v) is 15.0. The summed E-state index contributed by atoms with van der Waals surface area (Å²) < 4.78 is 24.0. The largest absolute Gasteiger partial charge is 0.504 e. The minimum absolute atomic E-state index is 0.0845. The Morgan fingerprint density at radius 1 is 1.32 bits per heavy atom. The molecule has 0 fully saturated rings. The molecule has 25 heavy (non-hydrogen) atoms. The van der Waals surface area contributed by atoms with Gasteiger partial charge in [0.15, 0.2) is 5.76 Å². The van der Waals surface area contributed by atoms with Crippen molar-refractivity contribution in [1.29, 1.82) is 5.26 Å². The van der Waals surface area contributed by atoms with Crippen LogP contribution in [0.4, 0.5) is 0 Å². The molecule has 1 aromatic carbocycles. The Morgan fingerprint density at radius 2 is 2.04 bits per heavy atom. The van der Waals surface area contributed by atoms with Crippen molar-refractivity contribution < 1.29 is 13.5 Å². The third kappa shape index (κ3) is 3.32. The second-order valence-corrected chi connectivity index (χ2v) is 8.29. The molecule has 0 unspecified atom stereocenters. The summed E-state index contributed by atoms with van der Waals surface area (Å²) in [5.74, 6) is -0.557. The van der Waals surface area contributed by atoms with Crippen molar-refractivity contribution in [3.05, 3.63) is 46.2 Å². The molecule has 1 N–H and O–H groups in total. The molecule has 0 amide bonds. The maximum absolute atomic E-state index is 11.6. The van der Waals surface area contributed by atoms with Gasteiger partial charge in [-0.25, -0.2) is 23.4 Å². The molecule has 0 aliphatic rings. The van der Waals surface area contributed by atoms with Crippen LogP contribution < -0.4 is 0 Å². The van der Waals surface area contributed by atoms with Gasteiger partial charge < -0.3 is 5.11 Å². The van der Waals surface area contributed by atoms with Gasteiger partial charge in [0.2, 0.25) is 15.0 Å². The summed E-state index contributed by atoms with van der Waals surface area (Å²) in [5, 5.41) is 19.6. The van der Waals surface area contributed by atoms with E-state index >= 15 is 0 Å². The molecule has 0 radical (unpaired) electrons. The Bertz CT molecular complexity index is 1130. The second kappa shape index (κ2) is 6.40. The van der Waals surface area contributed by atoms with E-state index in [1.54, 1.807) is 12.1 Å². The van der Waals surface area contributed by atoms with E-state index in [2.05, 4.69) is 15.0 Å². The lowest BCUT2D eigenvalue weighted by molar-refractivity contribution is 0.509. The van der Waals surface area contributed by atoms with E-state index in [9.17, 15) is 18.8 Å². The Balaban J connectivity index is 2.22. The van der Waals surface area contributed by atoms with Crippen LogP contribution in [0.25, 0.3) is 21.5 Å². The smallest absolute Gasteiger partial charge is 0.247 e. The summed E-state index contributed by atoms with van der Waals surface area (Å²) in [5.41, 5.74) is 0.280. The number of nitrogens with zero attached hydrogens (tertiary/aromatic N) is 4. The first kappa shape index (κ1) is 17.3. The van der Waals surface area contributed by atoms with Crippen molar-refractivity contribution in [2.24, 2.45) is 0 Å². The highest BCUT2D eigenvalue weighted by atomic mass is 35.5. The zero-order valence-electron chi connectivity index (χ0n) is 12.6. The molecule has 0 bridgehead atoms. The lowest BCUT2D eigenvalue weighted by Crippen LogP contribution is -2.07. The van der Waals surface area contributed by atoms with Gasteiger partial charge in [-0.2, -0.15) is 5.26 Å². The molecule has 0 saturated carbocycles. The molecule has 2 heterocycles. The number of aliphatic hydroxyl groups is 1. The van der Waals surface area contributed by atoms with Gasteiger partial charge in [0.05, 0.1) is 21.4 Å². The van der Waals surface area contributed by atoms with Crippen LogP contribution in [-0.2, 0) is 9.84 Å². The lowest BCUT2D eigenvalue weighted by atomic mass is 10.2. The van der Waals surface area contributed by atoms with Crippen molar-refractivity contribution in [3.8, 4) is 6.07 Å². The minimum atomic E-state index is -3.70. The number of hydrogen-bond donors (Lipinski definition) is 1. The molecule has 2 aromatic heterocycles. The van der Waals surface area contributed by atoms with E-state index < -0.39 is 20.8 Å². The van der Waals surface area contributed by atoms with Gasteiger partial charge in [-0.1, -0.05) is 23.7 Å². The average molecular weight is 393 g/mol. The van der Waals surface area contributed by atoms with Crippen LogP contribution in [0.3, 0.4) is 0 Å². The molecule has 10 heteroatoms. The molecular weight excluding hydrogens is 384 g/mol. The highest BCUT2D eigenvalue weighted by Gasteiger charge is 2.21. The van der Waals surface area contributed by atoms with Crippen molar-refractivity contribution in [1.82, 2.24) is 15.0 Å². The molecule has 0 aliphatic heterocycles. The number of halogens is 1. The van der Waals surface area contributed by atoms with Crippen molar-refractivity contribution >= 4 is 54.3 Å². The molecule has 3 aromatic rings.